The number of aliphatic hydroxyl groups is 1. The maximum Gasteiger partial charge on any atom is 0.226 e. The number of hydrogen-bond acceptors (Lipinski definition) is 5. The summed E-state index contributed by atoms with van der Waals surface area (Å²) in [5, 5.41) is 16.5. The maximum absolute atomic E-state index is 8.63. The fourth-order valence-electron chi connectivity index (χ4n) is 1.25. The minimum Gasteiger partial charge on any atom is -0.396 e. The lowest BCUT2D eigenvalue weighted by atomic mass is 10.2. The van der Waals surface area contributed by atoms with Gasteiger partial charge < -0.3 is 9.63 Å². The van der Waals surface area contributed by atoms with E-state index < -0.39 is 0 Å². The molecule has 4 nitrogen and oxygen atoms in total. The summed E-state index contributed by atoms with van der Waals surface area (Å²) in [6.07, 6.45) is 2.38. The molecule has 0 aliphatic rings. The van der Waals surface area contributed by atoms with Crippen molar-refractivity contribution in [2.24, 2.45) is 0 Å². The van der Waals surface area contributed by atoms with Crippen LogP contribution in [-0.4, -0.2) is 21.9 Å². The summed E-state index contributed by atoms with van der Waals surface area (Å²) in [5.74, 6) is 1.29. The van der Waals surface area contributed by atoms with E-state index in [0.29, 0.717) is 11.7 Å². The molecule has 2 aromatic heterocycles. The number of unbranched alkanes of at least 4 members (excludes halogenated alkanes) is 1. The zero-order valence-electron chi connectivity index (χ0n) is 8.22. The number of aryl methyl sites for hydroxylation is 1. The van der Waals surface area contributed by atoms with Gasteiger partial charge in [0, 0.05) is 24.0 Å². The summed E-state index contributed by atoms with van der Waals surface area (Å²) in [5.41, 5.74) is 0.997. The normalized spacial score (nSPS) is 10.7. The van der Waals surface area contributed by atoms with Gasteiger partial charge in [0.25, 0.3) is 0 Å². The van der Waals surface area contributed by atoms with Crippen molar-refractivity contribution in [2.75, 3.05) is 6.61 Å². The van der Waals surface area contributed by atoms with Crippen molar-refractivity contribution < 1.29 is 9.63 Å². The van der Waals surface area contributed by atoms with E-state index in [2.05, 4.69) is 10.1 Å². The second-order valence-electron chi connectivity index (χ2n) is 3.20. The maximum atomic E-state index is 8.63. The molecular weight excluding hydrogens is 212 g/mol. The minimum absolute atomic E-state index is 0.214. The van der Waals surface area contributed by atoms with Crippen LogP contribution in [0.15, 0.2) is 21.3 Å². The van der Waals surface area contributed by atoms with E-state index in [4.69, 9.17) is 9.63 Å². The third-order valence-electron chi connectivity index (χ3n) is 2.05. The Morgan fingerprint density at radius 2 is 2.33 bits per heavy atom. The molecule has 0 saturated heterocycles. The number of aliphatic hydroxyl groups excluding tert-OH is 1. The summed E-state index contributed by atoms with van der Waals surface area (Å²) in [6.45, 7) is 0.214. The predicted octanol–water partition coefficient (Wildman–Crippen LogP) is 2.11. The van der Waals surface area contributed by atoms with Crippen LogP contribution >= 0.6 is 11.3 Å². The Morgan fingerprint density at radius 1 is 1.40 bits per heavy atom. The Balaban J connectivity index is 1.98. The Labute approximate surface area is 91.6 Å². The lowest BCUT2D eigenvalue weighted by Crippen LogP contribution is -1.88. The van der Waals surface area contributed by atoms with E-state index >= 15 is 0 Å². The van der Waals surface area contributed by atoms with Gasteiger partial charge in [-0.25, -0.2) is 0 Å². The highest BCUT2D eigenvalue weighted by atomic mass is 32.1. The minimum atomic E-state index is 0.214. The molecule has 2 rings (SSSR count). The van der Waals surface area contributed by atoms with Gasteiger partial charge >= 0.3 is 0 Å². The SMILES string of the molecule is OCCCCc1nc(-c2ccsc2)no1. The molecule has 80 valence electrons. The average Bonchev–Trinajstić information content (AvgIpc) is 2.87. The van der Waals surface area contributed by atoms with Gasteiger partial charge in [0.1, 0.15) is 0 Å². The second-order valence-corrected chi connectivity index (χ2v) is 3.98. The molecule has 5 heteroatoms. The molecule has 0 spiro atoms. The Bertz CT molecular complexity index is 397. The van der Waals surface area contributed by atoms with Gasteiger partial charge in [-0.15, -0.1) is 0 Å². The van der Waals surface area contributed by atoms with E-state index in [1.54, 1.807) is 11.3 Å². The summed E-state index contributed by atoms with van der Waals surface area (Å²) in [6, 6.07) is 1.97. The van der Waals surface area contributed by atoms with Gasteiger partial charge in [-0.3, -0.25) is 0 Å². The lowest BCUT2D eigenvalue weighted by molar-refractivity contribution is 0.281. The molecule has 2 heterocycles. The number of rotatable bonds is 5. The molecule has 0 fully saturated rings. The van der Waals surface area contributed by atoms with Crippen molar-refractivity contribution in [1.82, 2.24) is 10.1 Å². The highest BCUT2D eigenvalue weighted by molar-refractivity contribution is 7.08. The molecule has 0 bridgehead atoms. The van der Waals surface area contributed by atoms with E-state index in [-0.39, 0.29) is 6.61 Å². The smallest absolute Gasteiger partial charge is 0.226 e. The molecule has 0 amide bonds. The van der Waals surface area contributed by atoms with E-state index in [9.17, 15) is 0 Å². The number of thiophene rings is 1. The molecule has 0 aliphatic heterocycles. The monoisotopic (exact) mass is 224 g/mol. The molecule has 0 saturated carbocycles. The van der Waals surface area contributed by atoms with Crippen LogP contribution in [0.2, 0.25) is 0 Å². The second kappa shape index (κ2) is 5.04. The van der Waals surface area contributed by atoms with Crippen molar-refractivity contribution in [3.05, 3.63) is 22.7 Å². The largest absolute Gasteiger partial charge is 0.396 e. The van der Waals surface area contributed by atoms with Crippen molar-refractivity contribution in [1.29, 1.82) is 0 Å². The van der Waals surface area contributed by atoms with E-state index in [1.807, 2.05) is 16.8 Å². The van der Waals surface area contributed by atoms with Crippen LogP contribution in [0.25, 0.3) is 11.4 Å². The van der Waals surface area contributed by atoms with Crippen molar-refractivity contribution >= 4 is 11.3 Å². The van der Waals surface area contributed by atoms with Gasteiger partial charge in [-0.1, -0.05) is 5.16 Å². The molecule has 0 aliphatic carbocycles. The summed E-state index contributed by atoms with van der Waals surface area (Å²) in [4.78, 5) is 4.27. The molecule has 1 N–H and O–H groups in total. The van der Waals surface area contributed by atoms with Crippen molar-refractivity contribution in [3.63, 3.8) is 0 Å². The Kier molecular flexibility index (Phi) is 3.47. The number of nitrogens with zero attached hydrogens (tertiary/aromatic N) is 2. The van der Waals surface area contributed by atoms with Gasteiger partial charge in [-0.05, 0) is 24.3 Å². The predicted molar refractivity (Wildman–Crippen MR) is 57.6 cm³/mol. The first kappa shape index (κ1) is 10.3. The van der Waals surface area contributed by atoms with Crippen LogP contribution in [0.3, 0.4) is 0 Å². The van der Waals surface area contributed by atoms with Crippen LogP contribution in [0.5, 0.6) is 0 Å². The number of aromatic nitrogens is 2. The molecule has 0 aromatic carbocycles. The average molecular weight is 224 g/mol. The summed E-state index contributed by atoms with van der Waals surface area (Å²) in [7, 11) is 0. The fraction of sp³-hybridized carbons (Fsp3) is 0.400. The van der Waals surface area contributed by atoms with E-state index in [1.165, 1.54) is 0 Å². The highest BCUT2D eigenvalue weighted by Crippen LogP contribution is 2.18. The van der Waals surface area contributed by atoms with Gasteiger partial charge in [0.2, 0.25) is 11.7 Å². The molecule has 0 radical (unpaired) electrons. The van der Waals surface area contributed by atoms with Crippen LogP contribution in [0.1, 0.15) is 18.7 Å². The third kappa shape index (κ3) is 2.64. The molecule has 0 unspecified atom stereocenters. The fourth-order valence-corrected chi connectivity index (χ4v) is 1.89. The Hall–Kier alpha value is -1.20. The van der Waals surface area contributed by atoms with Crippen LogP contribution in [0, 0.1) is 0 Å². The molecule has 0 atom stereocenters. The first-order valence-corrected chi connectivity index (χ1v) is 5.80. The topological polar surface area (TPSA) is 59.2 Å². The van der Waals surface area contributed by atoms with Crippen LogP contribution in [-0.2, 0) is 6.42 Å². The van der Waals surface area contributed by atoms with Crippen LogP contribution < -0.4 is 0 Å². The molecule has 2 aromatic rings. The van der Waals surface area contributed by atoms with Crippen LogP contribution in [0.4, 0.5) is 0 Å². The zero-order chi connectivity index (χ0) is 10.5. The first-order valence-electron chi connectivity index (χ1n) is 4.86. The van der Waals surface area contributed by atoms with Gasteiger partial charge in [-0.2, -0.15) is 16.3 Å². The summed E-state index contributed by atoms with van der Waals surface area (Å²) < 4.78 is 5.10. The third-order valence-corrected chi connectivity index (χ3v) is 2.73. The standard InChI is InChI=1S/C10H12N2O2S/c13-5-2-1-3-9-11-10(12-14-9)8-4-6-15-7-8/h4,6-7,13H,1-3,5H2. The van der Waals surface area contributed by atoms with Crippen molar-refractivity contribution in [3.8, 4) is 11.4 Å². The Morgan fingerprint density at radius 3 is 3.07 bits per heavy atom. The molecule has 15 heavy (non-hydrogen) atoms. The first-order chi connectivity index (χ1) is 7.40. The quantitative estimate of drug-likeness (QED) is 0.790. The molecular formula is C10H12N2O2S. The summed E-state index contributed by atoms with van der Waals surface area (Å²) >= 11 is 1.61. The van der Waals surface area contributed by atoms with Gasteiger partial charge in [0.15, 0.2) is 0 Å². The number of hydrogen-bond donors (Lipinski definition) is 1. The van der Waals surface area contributed by atoms with E-state index in [0.717, 1.165) is 24.8 Å². The van der Waals surface area contributed by atoms with Gasteiger partial charge in [0.05, 0.1) is 0 Å². The zero-order valence-corrected chi connectivity index (χ0v) is 9.04. The highest BCUT2D eigenvalue weighted by Gasteiger charge is 2.07. The lowest BCUT2D eigenvalue weighted by Gasteiger charge is -1.90. The van der Waals surface area contributed by atoms with Crippen molar-refractivity contribution in [2.45, 2.75) is 19.3 Å².